The molecule has 0 saturated carbocycles. The number of halogens is 1. The second kappa shape index (κ2) is 3.40. The molecule has 0 unspecified atom stereocenters. The van der Waals surface area contributed by atoms with E-state index in [0.717, 1.165) is 0 Å². The Morgan fingerprint density at radius 1 is 1.86 bits per heavy atom. The van der Waals surface area contributed by atoms with Crippen molar-refractivity contribution < 1.29 is 4.48 Å². The van der Waals surface area contributed by atoms with Gasteiger partial charge in [0.2, 0.25) is 0 Å². The maximum atomic E-state index is 11.3. The van der Waals surface area contributed by atoms with Crippen LogP contribution in [-0.4, -0.2) is 0 Å². The SMILES string of the molecule is C=C/C(=C\C)NF. The first-order chi connectivity index (χ1) is 3.35. The van der Waals surface area contributed by atoms with Gasteiger partial charge in [-0.3, -0.25) is 0 Å². The van der Waals surface area contributed by atoms with Crippen molar-refractivity contribution in [1.29, 1.82) is 0 Å². The fraction of sp³-hybridized carbons (Fsp3) is 0.200. The number of nitrogens with one attached hydrogen (secondary N) is 1. The Morgan fingerprint density at radius 2 is 2.43 bits per heavy atom. The van der Waals surface area contributed by atoms with Gasteiger partial charge >= 0.3 is 0 Å². The van der Waals surface area contributed by atoms with Crippen molar-refractivity contribution in [3.05, 3.63) is 24.4 Å². The molecule has 0 rings (SSSR count). The van der Waals surface area contributed by atoms with Gasteiger partial charge in [0.1, 0.15) is 0 Å². The first-order valence-electron chi connectivity index (χ1n) is 2.00. The molecular weight excluding hydrogens is 93.1 g/mol. The molecule has 0 radical (unpaired) electrons. The second-order valence-electron chi connectivity index (χ2n) is 1.04. The highest BCUT2D eigenvalue weighted by atomic mass is 19.2. The van der Waals surface area contributed by atoms with Crippen LogP contribution in [0.4, 0.5) is 4.48 Å². The van der Waals surface area contributed by atoms with Crippen LogP contribution in [0.3, 0.4) is 0 Å². The Bertz CT molecular complexity index is 86.1. The number of rotatable bonds is 2. The van der Waals surface area contributed by atoms with Gasteiger partial charge in [-0.15, -0.1) is 4.48 Å². The van der Waals surface area contributed by atoms with E-state index in [1.54, 1.807) is 13.0 Å². The van der Waals surface area contributed by atoms with Crippen LogP contribution in [-0.2, 0) is 0 Å². The van der Waals surface area contributed by atoms with E-state index in [-0.39, 0.29) is 0 Å². The first kappa shape index (κ1) is 6.21. The molecule has 0 heterocycles. The Balaban J connectivity index is 3.60. The summed E-state index contributed by atoms with van der Waals surface area (Å²) in [4.78, 5) is 0. The van der Waals surface area contributed by atoms with Crippen LogP contribution in [0.1, 0.15) is 6.92 Å². The third-order valence-corrected chi connectivity index (χ3v) is 0.640. The Kier molecular flexibility index (Phi) is 3.02. The lowest BCUT2D eigenvalue weighted by Crippen LogP contribution is -1.94. The molecule has 0 aliphatic heterocycles. The van der Waals surface area contributed by atoms with Gasteiger partial charge in [-0.2, -0.15) is 0 Å². The van der Waals surface area contributed by atoms with E-state index in [1.165, 1.54) is 11.6 Å². The normalized spacial score (nSPS) is 10.9. The molecule has 1 nitrogen and oxygen atoms in total. The minimum atomic E-state index is 0.403. The molecule has 0 aliphatic carbocycles. The molecule has 1 N–H and O–H groups in total. The van der Waals surface area contributed by atoms with Crippen LogP contribution in [0, 0.1) is 0 Å². The van der Waals surface area contributed by atoms with Crippen molar-refractivity contribution in [2.45, 2.75) is 6.92 Å². The lowest BCUT2D eigenvalue weighted by molar-refractivity contribution is 0.392. The zero-order valence-corrected chi connectivity index (χ0v) is 4.24. The highest BCUT2D eigenvalue weighted by molar-refractivity contribution is 5.10. The monoisotopic (exact) mass is 101 g/mol. The molecular formula is C5H8FN. The average Bonchev–Trinajstić information content (AvgIpc) is 1.72. The van der Waals surface area contributed by atoms with Gasteiger partial charge in [0.15, 0.2) is 0 Å². The maximum Gasteiger partial charge on any atom is 0.0607 e. The quantitative estimate of drug-likeness (QED) is 0.411. The molecule has 0 bridgehead atoms. The second-order valence-corrected chi connectivity index (χ2v) is 1.04. The van der Waals surface area contributed by atoms with E-state index in [1.807, 2.05) is 0 Å². The molecule has 7 heavy (non-hydrogen) atoms. The Hall–Kier alpha value is -0.790. The molecule has 0 atom stereocenters. The molecule has 0 aromatic carbocycles. The summed E-state index contributed by atoms with van der Waals surface area (Å²) in [7, 11) is 0. The van der Waals surface area contributed by atoms with Crippen LogP contribution in [0.2, 0.25) is 0 Å². The summed E-state index contributed by atoms with van der Waals surface area (Å²) in [5, 5.41) is 0. The van der Waals surface area contributed by atoms with Gasteiger partial charge in [0.05, 0.1) is 5.70 Å². The van der Waals surface area contributed by atoms with Gasteiger partial charge in [0.25, 0.3) is 0 Å². The summed E-state index contributed by atoms with van der Waals surface area (Å²) in [5.41, 5.74) is 1.85. The van der Waals surface area contributed by atoms with E-state index in [4.69, 9.17) is 0 Å². The number of hydrogen-bond donors (Lipinski definition) is 1. The maximum absolute atomic E-state index is 11.3. The summed E-state index contributed by atoms with van der Waals surface area (Å²) < 4.78 is 11.3. The van der Waals surface area contributed by atoms with Crippen molar-refractivity contribution in [3.8, 4) is 0 Å². The lowest BCUT2D eigenvalue weighted by atomic mass is 10.4. The van der Waals surface area contributed by atoms with Gasteiger partial charge in [-0.1, -0.05) is 12.7 Å². The van der Waals surface area contributed by atoms with Crippen molar-refractivity contribution in [2.75, 3.05) is 0 Å². The summed E-state index contributed by atoms with van der Waals surface area (Å²) in [6.07, 6.45) is 2.99. The summed E-state index contributed by atoms with van der Waals surface area (Å²) in [6, 6.07) is 0. The zero-order chi connectivity index (χ0) is 5.70. The van der Waals surface area contributed by atoms with E-state index in [2.05, 4.69) is 6.58 Å². The smallest absolute Gasteiger partial charge is 0.0607 e. The van der Waals surface area contributed by atoms with Gasteiger partial charge in [0, 0.05) is 0 Å². The fourth-order valence-corrected chi connectivity index (χ4v) is 0.211. The predicted octanol–water partition coefficient (Wildman–Crippen LogP) is 1.55. The van der Waals surface area contributed by atoms with Crippen LogP contribution >= 0.6 is 0 Å². The van der Waals surface area contributed by atoms with E-state index in [9.17, 15) is 4.48 Å². The summed E-state index contributed by atoms with van der Waals surface area (Å²) in [5.74, 6) is 0. The molecule has 0 spiro atoms. The van der Waals surface area contributed by atoms with E-state index >= 15 is 0 Å². The van der Waals surface area contributed by atoms with Gasteiger partial charge in [-0.25, -0.2) is 5.54 Å². The molecule has 40 valence electrons. The zero-order valence-electron chi connectivity index (χ0n) is 4.24. The molecule has 0 amide bonds. The first-order valence-corrected chi connectivity index (χ1v) is 2.00. The van der Waals surface area contributed by atoms with Gasteiger partial charge in [-0.05, 0) is 13.0 Å². The highest BCUT2D eigenvalue weighted by Gasteiger charge is 1.78. The molecule has 0 saturated heterocycles. The van der Waals surface area contributed by atoms with Crippen molar-refractivity contribution in [2.24, 2.45) is 0 Å². The Labute approximate surface area is 42.5 Å². The largest absolute Gasteiger partial charge is 0.225 e. The van der Waals surface area contributed by atoms with Gasteiger partial charge < -0.3 is 0 Å². The van der Waals surface area contributed by atoms with Crippen LogP contribution < -0.4 is 5.54 Å². The molecule has 0 fully saturated rings. The number of hydrogen-bond acceptors (Lipinski definition) is 1. The highest BCUT2D eigenvalue weighted by Crippen LogP contribution is 1.86. The fourth-order valence-electron chi connectivity index (χ4n) is 0.211. The third-order valence-electron chi connectivity index (χ3n) is 0.640. The van der Waals surface area contributed by atoms with Crippen LogP contribution in [0.25, 0.3) is 0 Å². The van der Waals surface area contributed by atoms with E-state index in [0.29, 0.717) is 5.70 Å². The molecule has 0 aromatic rings. The van der Waals surface area contributed by atoms with Crippen molar-refractivity contribution in [3.63, 3.8) is 0 Å². The summed E-state index contributed by atoms with van der Waals surface area (Å²) >= 11 is 0. The lowest BCUT2D eigenvalue weighted by Gasteiger charge is -1.88. The standard InChI is InChI=1S/C5H8FN/c1-3-5(4-2)7-6/h3-4,7H,1H2,2H3/b5-4+. The molecule has 0 aliphatic rings. The minimum Gasteiger partial charge on any atom is -0.225 e. The Morgan fingerprint density at radius 3 is 2.43 bits per heavy atom. The van der Waals surface area contributed by atoms with E-state index < -0.39 is 0 Å². The van der Waals surface area contributed by atoms with Crippen molar-refractivity contribution >= 4 is 0 Å². The molecule has 2 heteroatoms. The van der Waals surface area contributed by atoms with Crippen LogP contribution in [0.15, 0.2) is 24.4 Å². The number of allylic oxidation sites excluding steroid dienone is 2. The average molecular weight is 101 g/mol. The third kappa shape index (κ3) is 1.98. The topological polar surface area (TPSA) is 12.0 Å². The summed E-state index contributed by atoms with van der Waals surface area (Å²) in [6.45, 7) is 5.06. The van der Waals surface area contributed by atoms with Crippen LogP contribution in [0.5, 0.6) is 0 Å². The molecule has 0 aromatic heterocycles. The predicted molar refractivity (Wildman–Crippen MR) is 28.2 cm³/mol. The minimum absolute atomic E-state index is 0.403. The van der Waals surface area contributed by atoms with Crippen molar-refractivity contribution in [1.82, 2.24) is 5.54 Å².